The molecule has 0 aromatic heterocycles. The van der Waals surface area contributed by atoms with E-state index in [-0.39, 0.29) is 0 Å². The van der Waals surface area contributed by atoms with Crippen LogP contribution < -0.4 is 5.32 Å². The average Bonchev–Trinajstić information content (AvgIpc) is 2.30. The normalized spacial score (nSPS) is 21.2. The quantitative estimate of drug-likeness (QED) is 0.592. The van der Waals surface area contributed by atoms with E-state index in [4.69, 9.17) is 0 Å². The van der Waals surface area contributed by atoms with Gasteiger partial charge in [0.15, 0.2) is 0 Å². The molecule has 1 aromatic rings. The molecule has 1 nitrogen and oxygen atoms in total. The highest BCUT2D eigenvalue weighted by Crippen LogP contribution is 2.36. The SMILES string of the molecule is C=C1Nc2ccccc2C1C. The molecule has 1 N–H and O–H groups in total. The average molecular weight is 145 g/mol. The van der Waals surface area contributed by atoms with Gasteiger partial charge in [0.05, 0.1) is 0 Å². The van der Waals surface area contributed by atoms with E-state index < -0.39 is 0 Å². The van der Waals surface area contributed by atoms with Crippen LogP contribution in [0.2, 0.25) is 0 Å². The summed E-state index contributed by atoms with van der Waals surface area (Å²) in [6.45, 7) is 6.11. The maximum absolute atomic E-state index is 3.94. The van der Waals surface area contributed by atoms with E-state index in [0.717, 1.165) is 5.70 Å². The number of fused-ring (bicyclic) bond motifs is 1. The Bertz CT molecular complexity index is 301. The van der Waals surface area contributed by atoms with Gasteiger partial charge in [0, 0.05) is 17.3 Å². The number of anilines is 1. The van der Waals surface area contributed by atoms with Gasteiger partial charge in [0.25, 0.3) is 0 Å². The fourth-order valence-corrected chi connectivity index (χ4v) is 1.46. The Morgan fingerprint density at radius 2 is 2.09 bits per heavy atom. The number of allylic oxidation sites excluding steroid dienone is 1. The van der Waals surface area contributed by atoms with Gasteiger partial charge < -0.3 is 5.32 Å². The predicted octanol–water partition coefficient (Wildman–Crippen LogP) is 2.73. The van der Waals surface area contributed by atoms with E-state index in [1.807, 2.05) is 6.07 Å². The number of hydrogen-bond acceptors (Lipinski definition) is 1. The molecule has 1 atom stereocenters. The summed E-state index contributed by atoms with van der Waals surface area (Å²) in [6, 6.07) is 8.34. The van der Waals surface area contributed by atoms with E-state index in [1.54, 1.807) is 0 Å². The van der Waals surface area contributed by atoms with Gasteiger partial charge in [-0.1, -0.05) is 31.7 Å². The molecule has 0 fully saturated rings. The first-order valence-electron chi connectivity index (χ1n) is 3.84. The van der Waals surface area contributed by atoms with Gasteiger partial charge in [0.2, 0.25) is 0 Å². The maximum Gasteiger partial charge on any atom is 0.0421 e. The summed E-state index contributed by atoms with van der Waals surface area (Å²) in [6.07, 6.45) is 0. The molecule has 0 radical (unpaired) electrons. The smallest absolute Gasteiger partial charge is 0.0421 e. The molecular formula is C10H11N. The van der Waals surface area contributed by atoms with Crippen molar-refractivity contribution in [3.05, 3.63) is 42.1 Å². The second kappa shape index (κ2) is 2.12. The van der Waals surface area contributed by atoms with Crippen LogP contribution in [0, 0.1) is 0 Å². The summed E-state index contributed by atoms with van der Waals surface area (Å²) in [5.41, 5.74) is 3.67. The highest BCUT2D eigenvalue weighted by atomic mass is 14.9. The molecular weight excluding hydrogens is 134 g/mol. The third kappa shape index (κ3) is 0.845. The Morgan fingerprint density at radius 3 is 2.82 bits per heavy atom. The zero-order valence-electron chi connectivity index (χ0n) is 6.59. The van der Waals surface area contributed by atoms with Crippen molar-refractivity contribution in [2.24, 2.45) is 0 Å². The van der Waals surface area contributed by atoms with Gasteiger partial charge >= 0.3 is 0 Å². The highest BCUT2D eigenvalue weighted by Gasteiger charge is 2.19. The summed E-state index contributed by atoms with van der Waals surface area (Å²) in [5.74, 6) is 0.464. The molecule has 0 saturated heterocycles. The Labute approximate surface area is 66.7 Å². The lowest BCUT2D eigenvalue weighted by Gasteiger charge is -2.00. The van der Waals surface area contributed by atoms with E-state index in [2.05, 4.69) is 37.0 Å². The van der Waals surface area contributed by atoms with Crippen molar-refractivity contribution in [2.45, 2.75) is 12.8 Å². The fourth-order valence-electron chi connectivity index (χ4n) is 1.46. The molecule has 1 unspecified atom stereocenters. The zero-order chi connectivity index (χ0) is 7.84. The lowest BCUT2D eigenvalue weighted by atomic mass is 10.0. The van der Waals surface area contributed by atoms with Gasteiger partial charge in [-0.25, -0.2) is 0 Å². The number of hydrogen-bond donors (Lipinski definition) is 1. The zero-order valence-corrected chi connectivity index (χ0v) is 6.59. The van der Waals surface area contributed by atoms with Crippen LogP contribution in [-0.2, 0) is 0 Å². The van der Waals surface area contributed by atoms with E-state index >= 15 is 0 Å². The van der Waals surface area contributed by atoms with Gasteiger partial charge in [-0.2, -0.15) is 0 Å². The fraction of sp³-hybridized carbons (Fsp3) is 0.200. The molecule has 1 aliphatic rings. The van der Waals surface area contributed by atoms with E-state index in [1.165, 1.54) is 11.3 Å². The van der Waals surface area contributed by atoms with Crippen LogP contribution in [0.4, 0.5) is 5.69 Å². The van der Waals surface area contributed by atoms with Gasteiger partial charge in [0.1, 0.15) is 0 Å². The monoisotopic (exact) mass is 145 g/mol. The van der Waals surface area contributed by atoms with Crippen molar-refractivity contribution < 1.29 is 0 Å². The molecule has 1 heterocycles. The van der Waals surface area contributed by atoms with Crippen LogP contribution in [-0.4, -0.2) is 0 Å². The van der Waals surface area contributed by atoms with Crippen molar-refractivity contribution in [1.29, 1.82) is 0 Å². The van der Waals surface area contributed by atoms with Crippen molar-refractivity contribution >= 4 is 5.69 Å². The highest BCUT2D eigenvalue weighted by molar-refractivity contribution is 5.64. The standard InChI is InChI=1S/C10H11N/c1-7-8(2)11-10-6-4-3-5-9(7)10/h3-7,11H,2H2,1H3. The van der Waals surface area contributed by atoms with Crippen LogP contribution in [0.3, 0.4) is 0 Å². The topological polar surface area (TPSA) is 12.0 Å². The van der Waals surface area contributed by atoms with Crippen LogP contribution in [0.15, 0.2) is 36.5 Å². The van der Waals surface area contributed by atoms with Gasteiger partial charge in [-0.15, -0.1) is 0 Å². The number of para-hydroxylation sites is 1. The summed E-state index contributed by atoms with van der Waals surface area (Å²) < 4.78 is 0. The molecule has 2 rings (SSSR count). The maximum atomic E-state index is 3.94. The molecule has 0 amide bonds. The Kier molecular flexibility index (Phi) is 1.25. The summed E-state index contributed by atoms with van der Waals surface area (Å²) in [5, 5.41) is 3.25. The second-order valence-electron chi connectivity index (χ2n) is 2.96. The summed E-state index contributed by atoms with van der Waals surface area (Å²) >= 11 is 0. The lowest BCUT2D eigenvalue weighted by molar-refractivity contribution is 0.952. The third-order valence-electron chi connectivity index (χ3n) is 2.25. The molecule has 11 heavy (non-hydrogen) atoms. The molecule has 0 saturated carbocycles. The van der Waals surface area contributed by atoms with Crippen LogP contribution in [0.1, 0.15) is 18.4 Å². The molecule has 0 bridgehead atoms. The van der Waals surface area contributed by atoms with E-state index in [0.29, 0.717) is 5.92 Å². The van der Waals surface area contributed by atoms with Gasteiger partial charge in [-0.05, 0) is 11.6 Å². The number of benzene rings is 1. The number of rotatable bonds is 0. The Balaban J connectivity index is 2.55. The van der Waals surface area contributed by atoms with Crippen LogP contribution in [0.5, 0.6) is 0 Å². The van der Waals surface area contributed by atoms with Crippen molar-refractivity contribution in [3.8, 4) is 0 Å². The molecule has 56 valence electrons. The Morgan fingerprint density at radius 1 is 1.36 bits per heavy atom. The number of nitrogens with one attached hydrogen (secondary N) is 1. The molecule has 0 spiro atoms. The van der Waals surface area contributed by atoms with E-state index in [9.17, 15) is 0 Å². The minimum atomic E-state index is 0.464. The Hall–Kier alpha value is -1.24. The molecule has 1 aliphatic heterocycles. The molecule has 1 aromatic carbocycles. The minimum absolute atomic E-state index is 0.464. The first kappa shape index (κ1) is 6.47. The third-order valence-corrected chi connectivity index (χ3v) is 2.25. The van der Waals surface area contributed by atoms with Crippen LogP contribution >= 0.6 is 0 Å². The van der Waals surface area contributed by atoms with Crippen molar-refractivity contribution in [3.63, 3.8) is 0 Å². The molecule has 1 heteroatoms. The minimum Gasteiger partial charge on any atom is -0.359 e. The van der Waals surface area contributed by atoms with Crippen molar-refractivity contribution in [2.75, 3.05) is 5.32 Å². The van der Waals surface area contributed by atoms with Crippen molar-refractivity contribution in [1.82, 2.24) is 0 Å². The van der Waals surface area contributed by atoms with Gasteiger partial charge in [-0.3, -0.25) is 0 Å². The summed E-state index contributed by atoms with van der Waals surface area (Å²) in [7, 11) is 0. The first-order chi connectivity index (χ1) is 5.29. The predicted molar refractivity (Wildman–Crippen MR) is 47.6 cm³/mol. The molecule has 0 aliphatic carbocycles. The lowest BCUT2D eigenvalue weighted by Crippen LogP contribution is -1.91. The largest absolute Gasteiger partial charge is 0.359 e. The summed E-state index contributed by atoms with van der Waals surface area (Å²) in [4.78, 5) is 0. The second-order valence-corrected chi connectivity index (χ2v) is 2.96. The van der Waals surface area contributed by atoms with Crippen LogP contribution in [0.25, 0.3) is 0 Å². The first-order valence-corrected chi connectivity index (χ1v) is 3.84.